The SMILES string of the molecule is Cc1cccc(C)c1CC(=O)CCCNC(C)C. The molecule has 0 radical (unpaired) electrons. The fraction of sp³-hybridized carbons (Fsp3) is 0.562. The van der Waals surface area contributed by atoms with Crippen LogP contribution in [0.3, 0.4) is 0 Å². The van der Waals surface area contributed by atoms with Gasteiger partial charge in [-0.3, -0.25) is 4.79 Å². The molecule has 0 fully saturated rings. The second kappa shape index (κ2) is 7.32. The molecule has 0 aliphatic heterocycles. The number of rotatable bonds is 7. The Labute approximate surface area is 111 Å². The molecule has 0 aliphatic rings. The number of aryl methyl sites for hydroxylation is 2. The van der Waals surface area contributed by atoms with Gasteiger partial charge in [-0.25, -0.2) is 0 Å². The zero-order valence-corrected chi connectivity index (χ0v) is 12.0. The number of ketones is 1. The van der Waals surface area contributed by atoms with Crippen molar-refractivity contribution >= 4 is 5.78 Å². The summed E-state index contributed by atoms with van der Waals surface area (Å²) in [6, 6.07) is 6.70. The largest absolute Gasteiger partial charge is 0.315 e. The topological polar surface area (TPSA) is 29.1 Å². The number of benzene rings is 1. The Balaban J connectivity index is 2.40. The Morgan fingerprint density at radius 3 is 2.39 bits per heavy atom. The van der Waals surface area contributed by atoms with Gasteiger partial charge in [0.2, 0.25) is 0 Å². The highest BCUT2D eigenvalue weighted by atomic mass is 16.1. The monoisotopic (exact) mass is 247 g/mol. The van der Waals surface area contributed by atoms with E-state index in [4.69, 9.17) is 0 Å². The van der Waals surface area contributed by atoms with Gasteiger partial charge >= 0.3 is 0 Å². The highest BCUT2D eigenvalue weighted by molar-refractivity contribution is 5.81. The van der Waals surface area contributed by atoms with Crippen LogP contribution in [0.2, 0.25) is 0 Å². The molecule has 0 unspecified atom stereocenters. The highest BCUT2D eigenvalue weighted by Gasteiger charge is 2.08. The maximum absolute atomic E-state index is 11.9. The first-order valence-corrected chi connectivity index (χ1v) is 6.81. The third-order valence-corrected chi connectivity index (χ3v) is 3.20. The summed E-state index contributed by atoms with van der Waals surface area (Å²) >= 11 is 0. The molecule has 0 atom stereocenters. The molecule has 0 bridgehead atoms. The van der Waals surface area contributed by atoms with E-state index in [-0.39, 0.29) is 0 Å². The zero-order valence-electron chi connectivity index (χ0n) is 12.0. The van der Waals surface area contributed by atoms with E-state index in [9.17, 15) is 4.79 Å². The molecule has 18 heavy (non-hydrogen) atoms. The third-order valence-electron chi connectivity index (χ3n) is 3.20. The van der Waals surface area contributed by atoms with Crippen LogP contribution in [0, 0.1) is 13.8 Å². The molecule has 2 nitrogen and oxygen atoms in total. The van der Waals surface area contributed by atoms with Crippen LogP contribution in [0.15, 0.2) is 18.2 Å². The number of carbonyl (C=O) groups is 1. The van der Waals surface area contributed by atoms with Gasteiger partial charge in [0.25, 0.3) is 0 Å². The lowest BCUT2D eigenvalue weighted by atomic mass is 9.97. The van der Waals surface area contributed by atoms with Crippen molar-refractivity contribution in [3.63, 3.8) is 0 Å². The summed E-state index contributed by atoms with van der Waals surface area (Å²) < 4.78 is 0. The summed E-state index contributed by atoms with van der Waals surface area (Å²) in [5.74, 6) is 0.345. The lowest BCUT2D eigenvalue weighted by Crippen LogP contribution is -2.24. The number of hydrogen-bond donors (Lipinski definition) is 1. The molecule has 1 N–H and O–H groups in total. The van der Waals surface area contributed by atoms with Gasteiger partial charge < -0.3 is 5.32 Å². The Kier molecular flexibility index (Phi) is 6.06. The minimum absolute atomic E-state index is 0.345. The molecule has 1 aromatic rings. The maximum Gasteiger partial charge on any atom is 0.137 e. The number of hydrogen-bond acceptors (Lipinski definition) is 2. The molecule has 1 aromatic carbocycles. The zero-order chi connectivity index (χ0) is 13.5. The summed E-state index contributed by atoms with van der Waals surface area (Å²) in [5.41, 5.74) is 3.66. The Hall–Kier alpha value is -1.15. The summed E-state index contributed by atoms with van der Waals surface area (Å²) in [5, 5.41) is 3.34. The van der Waals surface area contributed by atoms with Crippen molar-refractivity contribution in [1.82, 2.24) is 5.32 Å². The van der Waals surface area contributed by atoms with Crippen LogP contribution in [0.1, 0.15) is 43.4 Å². The molecule has 0 saturated heterocycles. The van der Waals surface area contributed by atoms with E-state index in [1.165, 1.54) is 16.7 Å². The van der Waals surface area contributed by atoms with Crippen LogP contribution in [-0.2, 0) is 11.2 Å². The number of nitrogens with one attached hydrogen (secondary N) is 1. The smallest absolute Gasteiger partial charge is 0.137 e. The molecular weight excluding hydrogens is 222 g/mol. The molecule has 0 saturated carbocycles. The van der Waals surface area contributed by atoms with Gasteiger partial charge in [-0.15, -0.1) is 0 Å². The first kappa shape index (κ1) is 14.9. The van der Waals surface area contributed by atoms with E-state index in [1.807, 2.05) is 6.07 Å². The average Bonchev–Trinajstić information content (AvgIpc) is 2.29. The Morgan fingerprint density at radius 1 is 1.22 bits per heavy atom. The van der Waals surface area contributed by atoms with Gasteiger partial charge in [0.1, 0.15) is 5.78 Å². The molecule has 1 rings (SSSR count). The molecule has 0 spiro atoms. The van der Waals surface area contributed by atoms with Crippen molar-refractivity contribution in [2.45, 2.75) is 53.0 Å². The molecular formula is C16H25NO. The maximum atomic E-state index is 11.9. The van der Waals surface area contributed by atoms with Crippen LogP contribution < -0.4 is 5.32 Å². The molecule has 0 aromatic heterocycles. The summed E-state index contributed by atoms with van der Waals surface area (Å²) in [6.45, 7) is 9.33. The van der Waals surface area contributed by atoms with E-state index in [0.717, 1.165) is 13.0 Å². The van der Waals surface area contributed by atoms with Crippen LogP contribution in [0.5, 0.6) is 0 Å². The Morgan fingerprint density at radius 2 is 1.83 bits per heavy atom. The summed E-state index contributed by atoms with van der Waals surface area (Å²) in [7, 11) is 0. The minimum atomic E-state index is 0.345. The van der Waals surface area contributed by atoms with Crippen molar-refractivity contribution in [2.24, 2.45) is 0 Å². The van der Waals surface area contributed by atoms with E-state index in [0.29, 0.717) is 24.7 Å². The standard InChI is InChI=1S/C16H25NO/c1-12(2)17-10-6-9-15(18)11-16-13(3)7-5-8-14(16)4/h5,7-8,12,17H,6,9-11H2,1-4H3. The summed E-state index contributed by atoms with van der Waals surface area (Å²) in [6.07, 6.45) is 2.19. The van der Waals surface area contributed by atoms with Crippen molar-refractivity contribution in [2.75, 3.05) is 6.54 Å². The van der Waals surface area contributed by atoms with Crippen molar-refractivity contribution in [3.05, 3.63) is 34.9 Å². The lowest BCUT2D eigenvalue weighted by molar-refractivity contribution is -0.118. The Bertz CT molecular complexity index is 376. The van der Waals surface area contributed by atoms with Crippen LogP contribution in [0.4, 0.5) is 0 Å². The predicted molar refractivity (Wildman–Crippen MR) is 77.0 cm³/mol. The molecule has 2 heteroatoms. The van der Waals surface area contributed by atoms with Crippen LogP contribution >= 0.6 is 0 Å². The van der Waals surface area contributed by atoms with Gasteiger partial charge in [0.05, 0.1) is 0 Å². The normalized spacial score (nSPS) is 10.9. The highest BCUT2D eigenvalue weighted by Crippen LogP contribution is 2.15. The van der Waals surface area contributed by atoms with E-state index in [1.54, 1.807) is 0 Å². The fourth-order valence-corrected chi connectivity index (χ4v) is 2.09. The predicted octanol–water partition coefficient (Wildman–Crippen LogP) is 3.19. The quantitative estimate of drug-likeness (QED) is 0.750. The van der Waals surface area contributed by atoms with E-state index < -0.39 is 0 Å². The van der Waals surface area contributed by atoms with Gasteiger partial charge in [-0.05, 0) is 43.5 Å². The van der Waals surface area contributed by atoms with Crippen molar-refractivity contribution in [3.8, 4) is 0 Å². The third kappa shape index (κ3) is 5.01. The van der Waals surface area contributed by atoms with Gasteiger partial charge in [-0.1, -0.05) is 32.0 Å². The second-order valence-corrected chi connectivity index (χ2v) is 5.30. The van der Waals surface area contributed by atoms with E-state index >= 15 is 0 Å². The molecule has 0 heterocycles. The first-order valence-electron chi connectivity index (χ1n) is 6.81. The van der Waals surface area contributed by atoms with Gasteiger partial charge in [0.15, 0.2) is 0 Å². The average molecular weight is 247 g/mol. The molecule has 100 valence electrons. The number of Topliss-reactive ketones (excluding diaryl/α,β-unsaturated/α-hetero) is 1. The van der Waals surface area contributed by atoms with Crippen LogP contribution in [-0.4, -0.2) is 18.4 Å². The number of carbonyl (C=O) groups excluding carboxylic acids is 1. The lowest BCUT2D eigenvalue weighted by Gasteiger charge is -2.10. The van der Waals surface area contributed by atoms with Gasteiger partial charge in [0, 0.05) is 18.9 Å². The first-order chi connectivity index (χ1) is 8.50. The second-order valence-electron chi connectivity index (χ2n) is 5.30. The minimum Gasteiger partial charge on any atom is -0.315 e. The molecule has 0 amide bonds. The van der Waals surface area contributed by atoms with Gasteiger partial charge in [-0.2, -0.15) is 0 Å². The summed E-state index contributed by atoms with van der Waals surface area (Å²) in [4.78, 5) is 11.9. The van der Waals surface area contributed by atoms with E-state index in [2.05, 4.69) is 45.1 Å². The van der Waals surface area contributed by atoms with Crippen molar-refractivity contribution < 1.29 is 4.79 Å². The molecule has 0 aliphatic carbocycles. The fourth-order valence-electron chi connectivity index (χ4n) is 2.09. The van der Waals surface area contributed by atoms with Crippen LogP contribution in [0.25, 0.3) is 0 Å². The van der Waals surface area contributed by atoms with Crippen molar-refractivity contribution in [1.29, 1.82) is 0 Å².